The molecule has 1 N–H and O–H groups in total. The topological polar surface area (TPSA) is 82.1 Å². The van der Waals surface area contributed by atoms with Crippen molar-refractivity contribution in [2.45, 2.75) is 46.6 Å². The SMILES string of the molecule is CCCC(C(=O)OC)C(C)/C=C/Cc1c(O)c2c(c(C)c1OC)COC2=O. The Bertz CT molecular complexity index is 750. The van der Waals surface area contributed by atoms with Crippen LogP contribution >= 0.6 is 0 Å². The molecule has 27 heavy (non-hydrogen) atoms. The van der Waals surface area contributed by atoms with Crippen LogP contribution in [0.25, 0.3) is 0 Å². The Labute approximate surface area is 160 Å². The summed E-state index contributed by atoms with van der Waals surface area (Å²) in [5, 5.41) is 10.6. The zero-order valence-electron chi connectivity index (χ0n) is 16.6. The summed E-state index contributed by atoms with van der Waals surface area (Å²) < 4.78 is 15.4. The molecule has 1 aliphatic rings. The molecule has 0 amide bonds. The Morgan fingerprint density at radius 2 is 2.07 bits per heavy atom. The highest BCUT2D eigenvalue weighted by atomic mass is 16.5. The number of esters is 2. The maximum Gasteiger partial charge on any atom is 0.342 e. The number of cyclic esters (lactones) is 1. The predicted octanol–water partition coefficient (Wildman–Crippen LogP) is 3.70. The van der Waals surface area contributed by atoms with Crippen LogP contribution in [0, 0.1) is 18.8 Å². The van der Waals surface area contributed by atoms with Gasteiger partial charge in [0, 0.05) is 11.1 Å². The number of ether oxygens (including phenoxy) is 3. The summed E-state index contributed by atoms with van der Waals surface area (Å²) >= 11 is 0. The average Bonchev–Trinajstić information content (AvgIpc) is 3.05. The van der Waals surface area contributed by atoms with Crippen LogP contribution in [-0.4, -0.2) is 31.3 Å². The van der Waals surface area contributed by atoms with E-state index in [4.69, 9.17) is 14.2 Å². The monoisotopic (exact) mass is 376 g/mol. The summed E-state index contributed by atoms with van der Waals surface area (Å²) in [6, 6.07) is 0. The van der Waals surface area contributed by atoms with Crippen molar-refractivity contribution in [2.75, 3.05) is 14.2 Å². The van der Waals surface area contributed by atoms with E-state index in [1.54, 1.807) is 0 Å². The van der Waals surface area contributed by atoms with Crippen LogP contribution in [0.15, 0.2) is 12.2 Å². The number of phenolic OH excluding ortho intramolecular Hbond substituents is 1. The minimum Gasteiger partial charge on any atom is -0.507 e. The first-order chi connectivity index (χ1) is 12.9. The molecule has 0 bridgehead atoms. The standard InChI is InChI=1S/C21H28O6/c1-6-8-14(20(23)26-5)12(2)9-7-10-15-18(22)17-16(11-27-21(17)24)13(3)19(15)25-4/h7,9,12,14,22H,6,8,10-11H2,1-5H3/b9-7+. The number of hydrogen-bond donors (Lipinski definition) is 1. The molecular weight excluding hydrogens is 348 g/mol. The molecule has 1 aliphatic heterocycles. The van der Waals surface area contributed by atoms with E-state index in [9.17, 15) is 14.7 Å². The molecule has 2 unspecified atom stereocenters. The lowest BCUT2D eigenvalue weighted by molar-refractivity contribution is -0.146. The van der Waals surface area contributed by atoms with E-state index in [1.807, 2.05) is 32.9 Å². The molecule has 2 rings (SSSR count). The van der Waals surface area contributed by atoms with Crippen LogP contribution < -0.4 is 4.74 Å². The van der Waals surface area contributed by atoms with E-state index in [1.165, 1.54) is 14.2 Å². The second-order valence-electron chi connectivity index (χ2n) is 6.82. The number of methoxy groups -OCH3 is 2. The molecule has 6 heteroatoms. The molecule has 1 aromatic carbocycles. The highest BCUT2D eigenvalue weighted by Gasteiger charge is 2.32. The second kappa shape index (κ2) is 8.93. The maximum absolute atomic E-state index is 12.0. The highest BCUT2D eigenvalue weighted by Crippen LogP contribution is 2.41. The molecule has 148 valence electrons. The van der Waals surface area contributed by atoms with Gasteiger partial charge in [0.1, 0.15) is 23.7 Å². The van der Waals surface area contributed by atoms with Crippen LogP contribution in [0.3, 0.4) is 0 Å². The number of allylic oxidation sites excluding steroid dienone is 2. The van der Waals surface area contributed by atoms with Gasteiger partial charge in [-0.05, 0) is 31.2 Å². The Morgan fingerprint density at radius 1 is 1.37 bits per heavy atom. The maximum atomic E-state index is 12.0. The van der Waals surface area contributed by atoms with Crippen molar-refractivity contribution in [3.05, 3.63) is 34.4 Å². The van der Waals surface area contributed by atoms with Gasteiger partial charge < -0.3 is 19.3 Å². The molecule has 6 nitrogen and oxygen atoms in total. The molecule has 1 heterocycles. The van der Waals surface area contributed by atoms with E-state index < -0.39 is 5.97 Å². The predicted molar refractivity (Wildman–Crippen MR) is 101 cm³/mol. The third-order valence-electron chi connectivity index (χ3n) is 5.15. The first kappa shape index (κ1) is 20.8. The Morgan fingerprint density at radius 3 is 2.67 bits per heavy atom. The Hall–Kier alpha value is -2.50. The van der Waals surface area contributed by atoms with Gasteiger partial charge in [0.15, 0.2) is 0 Å². The van der Waals surface area contributed by atoms with Gasteiger partial charge in [-0.25, -0.2) is 4.79 Å². The van der Waals surface area contributed by atoms with Crippen molar-refractivity contribution < 1.29 is 28.9 Å². The summed E-state index contributed by atoms with van der Waals surface area (Å²) in [5.74, 6) is -0.481. The third kappa shape index (κ3) is 4.10. The number of carbonyl (C=O) groups is 2. The fourth-order valence-electron chi connectivity index (χ4n) is 3.62. The Kier molecular flexibility index (Phi) is 6.88. The zero-order valence-corrected chi connectivity index (χ0v) is 16.6. The van der Waals surface area contributed by atoms with Crippen molar-refractivity contribution >= 4 is 11.9 Å². The molecule has 0 aromatic heterocycles. The number of benzene rings is 1. The van der Waals surface area contributed by atoms with Crippen molar-refractivity contribution in [1.29, 1.82) is 0 Å². The second-order valence-corrected chi connectivity index (χ2v) is 6.82. The highest BCUT2D eigenvalue weighted by molar-refractivity contribution is 5.98. The number of aromatic hydroxyl groups is 1. The van der Waals surface area contributed by atoms with Crippen LogP contribution in [0.2, 0.25) is 0 Å². The lowest BCUT2D eigenvalue weighted by atomic mass is 9.89. The van der Waals surface area contributed by atoms with E-state index in [2.05, 4.69) is 0 Å². The van der Waals surface area contributed by atoms with Gasteiger partial charge in [-0.1, -0.05) is 32.4 Å². The largest absolute Gasteiger partial charge is 0.507 e. The summed E-state index contributed by atoms with van der Waals surface area (Å²) in [6.07, 6.45) is 5.84. The van der Waals surface area contributed by atoms with E-state index in [-0.39, 0.29) is 35.7 Å². The van der Waals surface area contributed by atoms with Crippen LogP contribution in [0.5, 0.6) is 11.5 Å². The summed E-state index contributed by atoms with van der Waals surface area (Å²) in [4.78, 5) is 23.9. The number of hydrogen-bond acceptors (Lipinski definition) is 6. The van der Waals surface area contributed by atoms with E-state index in [0.29, 0.717) is 23.3 Å². The molecule has 2 atom stereocenters. The number of fused-ring (bicyclic) bond motifs is 1. The molecule has 0 saturated carbocycles. The van der Waals surface area contributed by atoms with Crippen LogP contribution in [-0.2, 0) is 27.3 Å². The molecule has 0 aliphatic carbocycles. The minimum atomic E-state index is -0.513. The van der Waals surface area contributed by atoms with Gasteiger partial charge in [-0.2, -0.15) is 0 Å². The lowest BCUT2D eigenvalue weighted by Gasteiger charge is -2.18. The quantitative estimate of drug-likeness (QED) is 0.550. The fraction of sp³-hybridized carbons (Fsp3) is 0.524. The van der Waals surface area contributed by atoms with Crippen molar-refractivity contribution in [2.24, 2.45) is 11.8 Å². The molecule has 0 radical (unpaired) electrons. The van der Waals surface area contributed by atoms with Crippen LogP contribution in [0.1, 0.15) is 53.7 Å². The van der Waals surface area contributed by atoms with Crippen molar-refractivity contribution in [1.82, 2.24) is 0 Å². The van der Waals surface area contributed by atoms with Gasteiger partial charge in [0.05, 0.1) is 20.1 Å². The summed E-state index contributed by atoms with van der Waals surface area (Å²) in [6.45, 7) is 6.00. The molecule has 0 fully saturated rings. The average molecular weight is 376 g/mol. The molecule has 1 aromatic rings. The van der Waals surface area contributed by atoms with Crippen molar-refractivity contribution in [3.63, 3.8) is 0 Å². The molecular formula is C21H28O6. The van der Waals surface area contributed by atoms with Gasteiger partial charge in [-0.15, -0.1) is 0 Å². The van der Waals surface area contributed by atoms with Gasteiger partial charge in [0.2, 0.25) is 0 Å². The number of carbonyl (C=O) groups excluding carboxylic acids is 2. The van der Waals surface area contributed by atoms with E-state index in [0.717, 1.165) is 18.4 Å². The fourth-order valence-corrected chi connectivity index (χ4v) is 3.62. The van der Waals surface area contributed by atoms with Gasteiger partial charge >= 0.3 is 11.9 Å². The first-order valence-electron chi connectivity index (χ1n) is 9.20. The summed E-state index contributed by atoms with van der Waals surface area (Å²) in [5.41, 5.74) is 2.24. The number of phenols is 1. The summed E-state index contributed by atoms with van der Waals surface area (Å²) in [7, 11) is 2.94. The van der Waals surface area contributed by atoms with E-state index >= 15 is 0 Å². The van der Waals surface area contributed by atoms with Gasteiger partial charge in [0.25, 0.3) is 0 Å². The number of rotatable bonds is 8. The minimum absolute atomic E-state index is 0.00831. The molecule has 0 spiro atoms. The Balaban J connectivity index is 2.28. The van der Waals surface area contributed by atoms with Crippen LogP contribution in [0.4, 0.5) is 0 Å². The normalized spacial score (nSPS) is 15.4. The first-order valence-corrected chi connectivity index (χ1v) is 9.20. The zero-order chi connectivity index (χ0) is 20.1. The van der Waals surface area contributed by atoms with Gasteiger partial charge in [-0.3, -0.25) is 4.79 Å². The molecule has 0 saturated heterocycles. The smallest absolute Gasteiger partial charge is 0.342 e. The third-order valence-corrected chi connectivity index (χ3v) is 5.15. The van der Waals surface area contributed by atoms with Crippen molar-refractivity contribution in [3.8, 4) is 11.5 Å². The lowest BCUT2D eigenvalue weighted by Crippen LogP contribution is -2.22.